The molecule has 0 N–H and O–H groups in total. The molecule has 1 aliphatic heterocycles. The number of hydrogen-bond acceptors (Lipinski definition) is 4. The predicted octanol–water partition coefficient (Wildman–Crippen LogP) is 2.93. The predicted molar refractivity (Wildman–Crippen MR) is 107 cm³/mol. The van der Waals surface area contributed by atoms with Crippen LogP contribution < -0.4 is 0 Å². The average Bonchev–Trinajstić information content (AvgIpc) is 3.24. The summed E-state index contributed by atoms with van der Waals surface area (Å²) in [5.41, 5.74) is 4.13. The number of aromatic nitrogens is 5. The van der Waals surface area contributed by atoms with Crippen molar-refractivity contribution in [2.24, 2.45) is 0 Å². The zero-order valence-corrected chi connectivity index (χ0v) is 16.7. The van der Waals surface area contributed by atoms with E-state index in [0.717, 1.165) is 47.9 Å². The van der Waals surface area contributed by atoms with Gasteiger partial charge in [-0.3, -0.25) is 14.5 Å². The van der Waals surface area contributed by atoms with Gasteiger partial charge in [-0.1, -0.05) is 0 Å². The van der Waals surface area contributed by atoms with Crippen molar-refractivity contribution in [3.8, 4) is 11.4 Å². The summed E-state index contributed by atoms with van der Waals surface area (Å²) in [5, 5.41) is 4.43. The van der Waals surface area contributed by atoms with Crippen molar-refractivity contribution in [1.29, 1.82) is 0 Å². The van der Waals surface area contributed by atoms with Crippen molar-refractivity contribution >= 4 is 5.91 Å². The van der Waals surface area contributed by atoms with E-state index in [1.54, 1.807) is 17.1 Å². The molecule has 0 aliphatic carbocycles. The van der Waals surface area contributed by atoms with Crippen molar-refractivity contribution in [2.75, 3.05) is 13.1 Å². The molecule has 0 radical (unpaired) electrons. The first-order valence-corrected chi connectivity index (χ1v) is 9.76. The van der Waals surface area contributed by atoms with E-state index >= 15 is 0 Å². The van der Waals surface area contributed by atoms with Gasteiger partial charge in [0.1, 0.15) is 12.4 Å². The maximum absolute atomic E-state index is 12.9. The van der Waals surface area contributed by atoms with Gasteiger partial charge >= 0.3 is 0 Å². The second kappa shape index (κ2) is 7.58. The second-order valence-corrected chi connectivity index (χ2v) is 7.55. The van der Waals surface area contributed by atoms with Gasteiger partial charge in [0.15, 0.2) is 0 Å². The van der Waals surface area contributed by atoms with Gasteiger partial charge in [-0.15, -0.1) is 0 Å². The monoisotopic (exact) mass is 378 g/mol. The minimum atomic E-state index is 0.124. The van der Waals surface area contributed by atoms with Crippen LogP contribution in [0.25, 0.3) is 11.4 Å². The molecule has 1 saturated heterocycles. The number of imidazole rings is 1. The molecule has 0 bridgehead atoms. The Balaban J connectivity index is 1.54. The van der Waals surface area contributed by atoms with Crippen LogP contribution in [0.1, 0.15) is 36.0 Å². The van der Waals surface area contributed by atoms with Crippen LogP contribution in [0.3, 0.4) is 0 Å². The number of hydrogen-bond donors (Lipinski definition) is 0. The fourth-order valence-electron chi connectivity index (χ4n) is 4.08. The van der Waals surface area contributed by atoms with E-state index in [1.807, 2.05) is 43.1 Å². The highest BCUT2D eigenvalue weighted by molar-refractivity contribution is 5.76. The smallest absolute Gasteiger partial charge is 0.244 e. The van der Waals surface area contributed by atoms with Gasteiger partial charge in [0, 0.05) is 48.6 Å². The first kappa shape index (κ1) is 18.4. The topological polar surface area (TPSA) is 68.8 Å². The van der Waals surface area contributed by atoms with Gasteiger partial charge in [0.2, 0.25) is 5.91 Å². The van der Waals surface area contributed by atoms with Crippen molar-refractivity contribution < 1.29 is 4.79 Å². The van der Waals surface area contributed by atoms with Crippen molar-refractivity contribution in [3.05, 3.63) is 53.9 Å². The Labute approximate surface area is 165 Å². The highest BCUT2D eigenvalue weighted by Crippen LogP contribution is 2.29. The maximum Gasteiger partial charge on any atom is 0.244 e. The molecule has 7 heteroatoms. The van der Waals surface area contributed by atoms with E-state index in [9.17, 15) is 4.79 Å². The second-order valence-electron chi connectivity index (χ2n) is 7.55. The summed E-state index contributed by atoms with van der Waals surface area (Å²) >= 11 is 0. The summed E-state index contributed by atoms with van der Waals surface area (Å²) in [6.45, 7) is 7.82. The van der Waals surface area contributed by atoms with Gasteiger partial charge in [0.05, 0.1) is 11.7 Å². The maximum atomic E-state index is 12.9. The third kappa shape index (κ3) is 3.56. The van der Waals surface area contributed by atoms with E-state index in [0.29, 0.717) is 13.1 Å². The van der Waals surface area contributed by atoms with Gasteiger partial charge < -0.3 is 9.47 Å². The molecule has 1 fully saturated rings. The molecule has 4 heterocycles. The highest BCUT2D eigenvalue weighted by atomic mass is 16.2. The summed E-state index contributed by atoms with van der Waals surface area (Å²) in [4.78, 5) is 23.6. The van der Waals surface area contributed by atoms with Crippen LogP contribution in [0.5, 0.6) is 0 Å². The Bertz CT molecular complexity index is 974. The molecule has 4 rings (SSSR count). The van der Waals surface area contributed by atoms with Crippen molar-refractivity contribution in [2.45, 2.75) is 46.2 Å². The Morgan fingerprint density at radius 2 is 1.96 bits per heavy atom. The fraction of sp³-hybridized carbons (Fsp3) is 0.429. The molecule has 1 unspecified atom stereocenters. The van der Waals surface area contributed by atoms with E-state index in [-0.39, 0.29) is 11.9 Å². The Morgan fingerprint density at radius 3 is 2.68 bits per heavy atom. The number of piperidine rings is 1. The number of aryl methyl sites for hydroxylation is 3. The van der Waals surface area contributed by atoms with E-state index in [1.165, 1.54) is 0 Å². The molecular formula is C21H26N6O. The van der Waals surface area contributed by atoms with Crippen LogP contribution in [0.15, 0.2) is 36.8 Å². The zero-order valence-electron chi connectivity index (χ0n) is 16.7. The summed E-state index contributed by atoms with van der Waals surface area (Å²) in [7, 11) is 0. The fourth-order valence-corrected chi connectivity index (χ4v) is 4.08. The average molecular weight is 378 g/mol. The van der Waals surface area contributed by atoms with Crippen molar-refractivity contribution in [3.63, 3.8) is 0 Å². The summed E-state index contributed by atoms with van der Waals surface area (Å²) in [5.74, 6) is 1.07. The Hall–Kier alpha value is -2.96. The third-order valence-corrected chi connectivity index (χ3v) is 5.42. The zero-order chi connectivity index (χ0) is 19.7. The van der Waals surface area contributed by atoms with Crippen LogP contribution in [0.2, 0.25) is 0 Å². The van der Waals surface area contributed by atoms with Crippen LogP contribution in [0.4, 0.5) is 0 Å². The lowest BCUT2D eigenvalue weighted by molar-refractivity contribution is -0.133. The lowest BCUT2D eigenvalue weighted by atomic mass is 10.0. The molecule has 3 aromatic rings. The normalized spacial score (nSPS) is 17.1. The lowest BCUT2D eigenvalue weighted by Crippen LogP contribution is -2.42. The van der Waals surface area contributed by atoms with Crippen LogP contribution in [0, 0.1) is 20.8 Å². The molecule has 3 aromatic heterocycles. The number of carbonyl (C=O) groups is 1. The first-order valence-electron chi connectivity index (χ1n) is 9.76. The molecule has 1 atom stereocenters. The van der Waals surface area contributed by atoms with Crippen LogP contribution in [-0.2, 0) is 11.3 Å². The van der Waals surface area contributed by atoms with Gasteiger partial charge in [-0.25, -0.2) is 4.98 Å². The number of carbonyl (C=O) groups excluding carboxylic acids is 1. The van der Waals surface area contributed by atoms with E-state index in [2.05, 4.69) is 26.6 Å². The number of likely N-dealkylation sites (tertiary alicyclic amines) is 1. The summed E-state index contributed by atoms with van der Waals surface area (Å²) in [6, 6.07) is 6.19. The molecule has 0 spiro atoms. The number of amides is 1. The molecule has 1 aliphatic rings. The Morgan fingerprint density at radius 1 is 1.18 bits per heavy atom. The molecule has 7 nitrogen and oxygen atoms in total. The van der Waals surface area contributed by atoms with Gasteiger partial charge in [-0.2, -0.15) is 5.10 Å². The quantitative estimate of drug-likeness (QED) is 0.700. The largest absolute Gasteiger partial charge is 0.339 e. The SMILES string of the molecule is Cc1cc(C)n(CC(=O)N2CCCC(n3c(C)cnc3-c3ccncc3)C2)n1. The van der Waals surface area contributed by atoms with Crippen LogP contribution in [-0.4, -0.2) is 48.2 Å². The minimum Gasteiger partial charge on any atom is -0.339 e. The molecule has 0 aromatic carbocycles. The minimum absolute atomic E-state index is 0.124. The number of pyridine rings is 1. The lowest BCUT2D eigenvalue weighted by Gasteiger charge is -2.35. The van der Waals surface area contributed by atoms with Gasteiger partial charge in [-0.05, 0) is 51.8 Å². The van der Waals surface area contributed by atoms with Crippen LogP contribution >= 0.6 is 0 Å². The standard InChI is InChI=1S/C21H26N6O/c1-15-11-16(2)26(24-15)14-20(28)25-10-4-5-19(13-25)27-17(3)12-23-21(27)18-6-8-22-9-7-18/h6-9,11-12,19H,4-5,10,13-14H2,1-3H3. The molecule has 1 amide bonds. The van der Waals surface area contributed by atoms with E-state index < -0.39 is 0 Å². The number of nitrogens with zero attached hydrogens (tertiary/aromatic N) is 6. The molecule has 28 heavy (non-hydrogen) atoms. The summed E-state index contributed by atoms with van der Waals surface area (Å²) < 4.78 is 4.07. The highest BCUT2D eigenvalue weighted by Gasteiger charge is 2.27. The third-order valence-electron chi connectivity index (χ3n) is 5.42. The molecule has 0 saturated carbocycles. The molecular weight excluding hydrogens is 352 g/mol. The first-order chi connectivity index (χ1) is 13.5. The van der Waals surface area contributed by atoms with Crippen molar-refractivity contribution in [1.82, 2.24) is 29.2 Å². The Kier molecular flexibility index (Phi) is 4.98. The van der Waals surface area contributed by atoms with E-state index in [4.69, 9.17) is 0 Å². The summed E-state index contributed by atoms with van der Waals surface area (Å²) in [6.07, 6.45) is 7.51. The molecule has 146 valence electrons. The number of rotatable bonds is 4. The van der Waals surface area contributed by atoms with Gasteiger partial charge in [0.25, 0.3) is 0 Å².